The molecule has 2 aliphatic heterocycles. The second kappa shape index (κ2) is 9.27. The molecule has 4 nitrogen and oxygen atoms in total. The number of hydrogen-bond acceptors (Lipinski definition) is 3. The summed E-state index contributed by atoms with van der Waals surface area (Å²) >= 11 is 0. The van der Waals surface area contributed by atoms with Gasteiger partial charge >= 0.3 is 5.97 Å². The van der Waals surface area contributed by atoms with Crippen LogP contribution in [0.5, 0.6) is 0 Å². The molecule has 2 N–H and O–H groups in total. The molecule has 0 amide bonds. The molecule has 4 rings (SSSR count). The Morgan fingerprint density at radius 2 is 1.93 bits per heavy atom. The van der Waals surface area contributed by atoms with Crippen LogP contribution in [0, 0.1) is 17.8 Å². The van der Waals surface area contributed by atoms with E-state index in [1.807, 2.05) is 18.2 Å². The van der Waals surface area contributed by atoms with E-state index in [1.54, 1.807) is 18.2 Å². The summed E-state index contributed by atoms with van der Waals surface area (Å²) in [5, 5.41) is 19.7. The Balaban J connectivity index is 1.38. The van der Waals surface area contributed by atoms with Crippen molar-refractivity contribution in [2.24, 2.45) is 17.8 Å². The number of allylic oxidation sites excluding steroid dienone is 1. The van der Waals surface area contributed by atoms with Gasteiger partial charge < -0.3 is 14.9 Å². The monoisotopic (exact) mass is 396 g/mol. The van der Waals surface area contributed by atoms with E-state index >= 15 is 0 Å². The number of carboxylic acid groups (broad SMARTS) is 1. The quantitative estimate of drug-likeness (QED) is 0.631. The largest absolute Gasteiger partial charge is 0.478 e. The maximum atomic E-state index is 11.1. The minimum absolute atomic E-state index is 0.281. The molecule has 2 heterocycles. The molecule has 3 aliphatic rings. The molecular formula is C25H32O4. The van der Waals surface area contributed by atoms with Crippen LogP contribution >= 0.6 is 0 Å². The third-order valence-corrected chi connectivity index (χ3v) is 7.00. The van der Waals surface area contributed by atoms with Crippen molar-refractivity contribution in [3.63, 3.8) is 0 Å². The third kappa shape index (κ3) is 4.81. The SMILES string of the molecule is O=C(O)c1cccc(C=CC[C@@H]2[C@@H](C=CC(O)C3CCCCC3)[C@@H]3CC[C@H]2O3)c1. The molecule has 0 spiro atoms. The fourth-order valence-corrected chi connectivity index (χ4v) is 5.40. The first kappa shape index (κ1) is 20.4. The van der Waals surface area contributed by atoms with Crippen LogP contribution in [-0.2, 0) is 4.74 Å². The van der Waals surface area contributed by atoms with Crippen molar-refractivity contribution >= 4 is 12.0 Å². The van der Waals surface area contributed by atoms with E-state index in [-0.39, 0.29) is 12.2 Å². The van der Waals surface area contributed by atoms with Gasteiger partial charge in [-0.25, -0.2) is 4.79 Å². The molecule has 5 atom stereocenters. The zero-order valence-electron chi connectivity index (χ0n) is 17.0. The number of carbonyl (C=O) groups is 1. The van der Waals surface area contributed by atoms with Crippen molar-refractivity contribution in [1.29, 1.82) is 0 Å². The van der Waals surface area contributed by atoms with Gasteiger partial charge in [0.05, 0.1) is 23.9 Å². The summed E-state index contributed by atoms with van der Waals surface area (Å²) in [6.45, 7) is 0. The molecule has 29 heavy (non-hydrogen) atoms. The molecule has 0 radical (unpaired) electrons. The highest BCUT2D eigenvalue weighted by atomic mass is 16.5. The Labute approximate surface area is 173 Å². The van der Waals surface area contributed by atoms with E-state index in [0.29, 0.717) is 29.4 Å². The van der Waals surface area contributed by atoms with Gasteiger partial charge in [-0.1, -0.05) is 55.7 Å². The number of ether oxygens (including phenoxy) is 1. The lowest BCUT2D eigenvalue weighted by Crippen LogP contribution is -2.26. The fourth-order valence-electron chi connectivity index (χ4n) is 5.40. The number of aliphatic hydroxyl groups excluding tert-OH is 1. The van der Waals surface area contributed by atoms with E-state index < -0.39 is 5.97 Å². The van der Waals surface area contributed by atoms with Gasteiger partial charge in [-0.15, -0.1) is 0 Å². The van der Waals surface area contributed by atoms with E-state index in [4.69, 9.17) is 9.84 Å². The lowest BCUT2D eigenvalue weighted by atomic mass is 9.76. The van der Waals surface area contributed by atoms with Gasteiger partial charge in [-0.3, -0.25) is 0 Å². The number of benzene rings is 1. The molecule has 2 bridgehead atoms. The Hall–Kier alpha value is -1.91. The highest BCUT2D eigenvalue weighted by Gasteiger charge is 2.46. The van der Waals surface area contributed by atoms with E-state index in [0.717, 1.165) is 37.7 Å². The minimum Gasteiger partial charge on any atom is -0.478 e. The number of fused-ring (bicyclic) bond motifs is 2. The minimum atomic E-state index is -0.900. The Kier molecular flexibility index (Phi) is 6.51. The van der Waals surface area contributed by atoms with Crippen LogP contribution in [0.2, 0.25) is 0 Å². The van der Waals surface area contributed by atoms with E-state index in [1.165, 1.54) is 19.3 Å². The lowest BCUT2D eigenvalue weighted by Gasteiger charge is -2.27. The van der Waals surface area contributed by atoms with E-state index in [9.17, 15) is 9.90 Å². The summed E-state index contributed by atoms with van der Waals surface area (Å²) in [4.78, 5) is 11.1. The molecule has 1 aliphatic carbocycles. The van der Waals surface area contributed by atoms with Gasteiger partial charge in [0.1, 0.15) is 0 Å². The zero-order valence-corrected chi connectivity index (χ0v) is 17.0. The molecule has 3 fully saturated rings. The summed E-state index contributed by atoms with van der Waals surface area (Å²) in [5.74, 6) is 0.312. The molecule has 1 aromatic rings. The smallest absolute Gasteiger partial charge is 0.335 e. The summed E-state index contributed by atoms with van der Waals surface area (Å²) < 4.78 is 6.18. The van der Waals surface area contributed by atoms with Crippen LogP contribution in [0.4, 0.5) is 0 Å². The molecule has 0 aromatic heterocycles. The maximum absolute atomic E-state index is 11.1. The number of carboxylic acids is 1. The molecule has 4 heteroatoms. The predicted octanol–water partition coefficient (Wildman–Crippen LogP) is 5.08. The van der Waals surface area contributed by atoms with Gasteiger partial charge in [0.2, 0.25) is 0 Å². The van der Waals surface area contributed by atoms with E-state index in [2.05, 4.69) is 12.2 Å². The van der Waals surface area contributed by atoms with Gasteiger partial charge in [-0.05, 0) is 61.6 Å². The average Bonchev–Trinajstić information content (AvgIpc) is 3.35. The molecule has 156 valence electrons. The average molecular weight is 397 g/mol. The second-order valence-electron chi connectivity index (χ2n) is 8.87. The second-order valence-corrected chi connectivity index (χ2v) is 8.87. The van der Waals surface area contributed by atoms with Crippen molar-refractivity contribution in [1.82, 2.24) is 0 Å². The van der Waals surface area contributed by atoms with Crippen LogP contribution in [0.1, 0.15) is 67.3 Å². The first-order valence-electron chi connectivity index (χ1n) is 11.1. The number of hydrogen-bond donors (Lipinski definition) is 2. The van der Waals surface area contributed by atoms with Crippen LogP contribution < -0.4 is 0 Å². The normalized spacial score (nSPS) is 31.1. The summed E-state index contributed by atoms with van der Waals surface area (Å²) in [6.07, 6.45) is 17.9. The summed E-state index contributed by atoms with van der Waals surface area (Å²) in [6, 6.07) is 7.02. The molecule has 1 aromatic carbocycles. The van der Waals surface area contributed by atoms with Crippen LogP contribution in [-0.4, -0.2) is 34.5 Å². The summed E-state index contributed by atoms with van der Waals surface area (Å²) in [5.41, 5.74) is 1.22. The topological polar surface area (TPSA) is 66.8 Å². The Bertz CT molecular complexity index is 762. The van der Waals surface area contributed by atoms with Gasteiger partial charge in [-0.2, -0.15) is 0 Å². The Morgan fingerprint density at radius 1 is 1.14 bits per heavy atom. The van der Waals surface area contributed by atoms with Crippen LogP contribution in [0.3, 0.4) is 0 Å². The van der Waals surface area contributed by atoms with Gasteiger partial charge in [0.25, 0.3) is 0 Å². The highest BCUT2D eigenvalue weighted by Crippen LogP contribution is 2.46. The Morgan fingerprint density at radius 3 is 2.72 bits per heavy atom. The molecular weight excluding hydrogens is 364 g/mol. The van der Waals surface area contributed by atoms with Gasteiger partial charge in [0, 0.05) is 5.92 Å². The summed E-state index contributed by atoms with van der Waals surface area (Å²) in [7, 11) is 0. The van der Waals surface area contributed by atoms with Gasteiger partial charge in [0.15, 0.2) is 0 Å². The first-order valence-corrected chi connectivity index (χ1v) is 11.1. The highest BCUT2D eigenvalue weighted by molar-refractivity contribution is 5.88. The molecule has 1 unspecified atom stereocenters. The van der Waals surface area contributed by atoms with Crippen molar-refractivity contribution in [2.45, 2.75) is 69.7 Å². The van der Waals surface area contributed by atoms with Crippen LogP contribution in [0.15, 0.2) is 42.5 Å². The standard InChI is InChI=1S/C25H32O4/c26-22(18-8-2-1-3-9-18)13-12-21-20(23-14-15-24(21)29-23)11-5-7-17-6-4-10-19(16-17)25(27)28/h4-7,10,12-13,16,18,20-24,26H,1-3,8-9,11,14-15H2,(H,27,28)/t20-,21-,22?,23-,24+/m1/s1. The van der Waals surface area contributed by atoms with Crippen LogP contribution in [0.25, 0.3) is 6.08 Å². The zero-order chi connectivity index (χ0) is 20.2. The maximum Gasteiger partial charge on any atom is 0.335 e. The number of aliphatic hydroxyl groups is 1. The molecule has 2 saturated heterocycles. The first-order chi connectivity index (χ1) is 14.1. The van der Waals surface area contributed by atoms with Crippen molar-refractivity contribution < 1.29 is 19.7 Å². The predicted molar refractivity (Wildman–Crippen MR) is 114 cm³/mol. The molecule has 1 saturated carbocycles. The van der Waals surface area contributed by atoms with Crippen molar-refractivity contribution in [3.05, 3.63) is 53.6 Å². The van der Waals surface area contributed by atoms with Crippen molar-refractivity contribution in [2.75, 3.05) is 0 Å². The third-order valence-electron chi connectivity index (χ3n) is 7.00. The number of aromatic carboxylic acids is 1. The van der Waals surface area contributed by atoms with Crippen molar-refractivity contribution in [3.8, 4) is 0 Å². The fraction of sp³-hybridized carbons (Fsp3) is 0.560. The lowest BCUT2D eigenvalue weighted by molar-refractivity contribution is 0.0696. The number of rotatable bonds is 7.